The van der Waals surface area contributed by atoms with E-state index in [1.807, 2.05) is 31.2 Å². The number of hydrogen-bond acceptors (Lipinski definition) is 3. The topological polar surface area (TPSA) is 84.2 Å². The first-order valence-corrected chi connectivity index (χ1v) is 8.99. The molecule has 1 unspecified atom stereocenters. The smallest absolute Gasteiger partial charge is 0.227 e. The third-order valence-corrected chi connectivity index (χ3v) is 5.28. The van der Waals surface area contributed by atoms with Gasteiger partial charge in [0, 0.05) is 17.5 Å². The van der Waals surface area contributed by atoms with Crippen LogP contribution in [-0.4, -0.2) is 18.4 Å². The van der Waals surface area contributed by atoms with E-state index in [2.05, 4.69) is 10.6 Å². The monoisotopic (exact) mass is 329 g/mol. The first kappa shape index (κ1) is 17.0. The molecule has 130 valence electrons. The molecule has 3 rings (SSSR count). The van der Waals surface area contributed by atoms with Crippen molar-refractivity contribution in [3.63, 3.8) is 0 Å². The van der Waals surface area contributed by atoms with E-state index in [0.29, 0.717) is 12.5 Å². The van der Waals surface area contributed by atoms with Gasteiger partial charge in [0.15, 0.2) is 0 Å². The van der Waals surface area contributed by atoms with Crippen LogP contribution in [-0.2, 0) is 9.59 Å². The lowest BCUT2D eigenvalue weighted by Crippen LogP contribution is -2.36. The van der Waals surface area contributed by atoms with Gasteiger partial charge in [0.05, 0.1) is 6.04 Å². The van der Waals surface area contributed by atoms with Crippen LogP contribution in [0.25, 0.3) is 0 Å². The highest BCUT2D eigenvalue weighted by Gasteiger charge is 2.32. The molecule has 4 N–H and O–H groups in total. The SMILES string of the molecule is CC(NC(=O)[C@@H]1CCC[C@@H]1CN)c1ccc(NC(=O)C2CC2)cc1. The van der Waals surface area contributed by atoms with Crippen molar-refractivity contribution in [3.8, 4) is 0 Å². The molecule has 0 radical (unpaired) electrons. The Morgan fingerprint density at radius 3 is 2.46 bits per heavy atom. The first-order valence-electron chi connectivity index (χ1n) is 8.99. The van der Waals surface area contributed by atoms with Crippen molar-refractivity contribution in [2.75, 3.05) is 11.9 Å². The van der Waals surface area contributed by atoms with Gasteiger partial charge in [-0.25, -0.2) is 0 Å². The van der Waals surface area contributed by atoms with Crippen LogP contribution in [0, 0.1) is 17.8 Å². The zero-order valence-electron chi connectivity index (χ0n) is 14.3. The highest BCUT2D eigenvalue weighted by atomic mass is 16.2. The zero-order chi connectivity index (χ0) is 17.1. The van der Waals surface area contributed by atoms with Crippen molar-refractivity contribution in [1.82, 2.24) is 5.32 Å². The summed E-state index contributed by atoms with van der Waals surface area (Å²) in [5, 5.41) is 6.04. The molecule has 0 heterocycles. The number of nitrogens with two attached hydrogens (primary N) is 1. The standard InChI is InChI=1S/C19H27N3O2/c1-12(21-19(24)17-4-2-3-15(17)11-20)13-7-9-16(10-8-13)22-18(23)14-5-6-14/h7-10,12,14-15,17H,2-6,11,20H2,1H3,(H,21,24)(H,22,23)/t12?,15-,17-/m1/s1. The highest BCUT2D eigenvalue weighted by Crippen LogP contribution is 2.32. The maximum Gasteiger partial charge on any atom is 0.227 e. The Kier molecular flexibility index (Phi) is 5.19. The van der Waals surface area contributed by atoms with E-state index in [0.717, 1.165) is 43.4 Å². The van der Waals surface area contributed by atoms with E-state index >= 15 is 0 Å². The maximum absolute atomic E-state index is 12.5. The minimum absolute atomic E-state index is 0.0505. The van der Waals surface area contributed by atoms with Crippen LogP contribution in [0.1, 0.15) is 50.6 Å². The Bertz CT molecular complexity index is 595. The fourth-order valence-electron chi connectivity index (χ4n) is 3.51. The summed E-state index contributed by atoms with van der Waals surface area (Å²) in [6.07, 6.45) is 5.07. The van der Waals surface area contributed by atoms with Crippen LogP contribution >= 0.6 is 0 Å². The fourth-order valence-corrected chi connectivity index (χ4v) is 3.51. The van der Waals surface area contributed by atoms with E-state index in [4.69, 9.17) is 5.73 Å². The second-order valence-electron chi connectivity index (χ2n) is 7.15. The molecule has 0 aliphatic heterocycles. The quantitative estimate of drug-likeness (QED) is 0.750. The summed E-state index contributed by atoms with van der Waals surface area (Å²) in [5.41, 5.74) is 7.62. The van der Waals surface area contributed by atoms with Crippen molar-refractivity contribution in [2.24, 2.45) is 23.5 Å². The predicted octanol–water partition coefficient (Wildman–Crippen LogP) is 2.59. The highest BCUT2D eigenvalue weighted by molar-refractivity contribution is 5.94. The number of carbonyl (C=O) groups excluding carboxylic acids is 2. The van der Waals surface area contributed by atoms with Gasteiger partial charge in [-0.1, -0.05) is 18.6 Å². The molecule has 24 heavy (non-hydrogen) atoms. The van der Waals surface area contributed by atoms with Gasteiger partial charge in [-0.3, -0.25) is 9.59 Å². The lowest BCUT2D eigenvalue weighted by Gasteiger charge is -2.21. The number of amides is 2. The average Bonchev–Trinajstić information content (AvgIpc) is 3.32. The summed E-state index contributed by atoms with van der Waals surface area (Å²) < 4.78 is 0. The molecule has 2 aliphatic rings. The molecule has 0 bridgehead atoms. The van der Waals surface area contributed by atoms with Gasteiger partial charge in [0.1, 0.15) is 0 Å². The molecule has 1 aromatic carbocycles. The molecule has 2 aliphatic carbocycles. The molecular formula is C19H27N3O2. The van der Waals surface area contributed by atoms with Crippen LogP contribution in [0.2, 0.25) is 0 Å². The molecule has 2 fully saturated rings. The normalized spacial score (nSPS) is 24.4. The Balaban J connectivity index is 1.55. The van der Waals surface area contributed by atoms with Crippen molar-refractivity contribution in [3.05, 3.63) is 29.8 Å². The Labute approximate surface area is 143 Å². The number of benzene rings is 1. The number of rotatable bonds is 6. The van der Waals surface area contributed by atoms with Gasteiger partial charge in [0.2, 0.25) is 11.8 Å². The lowest BCUT2D eigenvalue weighted by molar-refractivity contribution is -0.126. The van der Waals surface area contributed by atoms with Crippen molar-refractivity contribution in [1.29, 1.82) is 0 Å². The Morgan fingerprint density at radius 1 is 1.12 bits per heavy atom. The molecular weight excluding hydrogens is 302 g/mol. The number of nitrogens with one attached hydrogen (secondary N) is 2. The van der Waals surface area contributed by atoms with Gasteiger partial charge >= 0.3 is 0 Å². The molecule has 5 nitrogen and oxygen atoms in total. The van der Waals surface area contributed by atoms with Gasteiger partial charge in [-0.15, -0.1) is 0 Å². The van der Waals surface area contributed by atoms with Gasteiger partial charge in [0.25, 0.3) is 0 Å². The molecule has 0 spiro atoms. The predicted molar refractivity (Wildman–Crippen MR) is 94.2 cm³/mol. The Morgan fingerprint density at radius 2 is 1.83 bits per heavy atom. The van der Waals surface area contributed by atoms with Crippen LogP contribution in [0.4, 0.5) is 5.69 Å². The van der Waals surface area contributed by atoms with Crippen LogP contribution in [0.3, 0.4) is 0 Å². The maximum atomic E-state index is 12.5. The summed E-state index contributed by atoms with van der Waals surface area (Å²) in [6.45, 7) is 2.57. The minimum Gasteiger partial charge on any atom is -0.349 e. The molecule has 5 heteroatoms. The van der Waals surface area contributed by atoms with Gasteiger partial charge in [-0.2, -0.15) is 0 Å². The van der Waals surface area contributed by atoms with Gasteiger partial charge in [-0.05, 0) is 62.8 Å². The number of carbonyl (C=O) groups is 2. The van der Waals surface area contributed by atoms with Gasteiger partial charge < -0.3 is 16.4 Å². The van der Waals surface area contributed by atoms with E-state index in [1.165, 1.54) is 0 Å². The van der Waals surface area contributed by atoms with Crippen LogP contribution in [0.15, 0.2) is 24.3 Å². The van der Waals surface area contributed by atoms with E-state index < -0.39 is 0 Å². The fraction of sp³-hybridized carbons (Fsp3) is 0.579. The summed E-state index contributed by atoms with van der Waals surface area (Å²) in [7, 11) is 0. The lowest BCUT2D eigenvalue weighted by atomic mass is 9.94. The molecule has 3 atom stereocenters. The van der Waals surface area contributed by atoms with Crippen LogP contribution in [0.5, 0.6) is 0 Å². The minimum atomic E-state index is -0.0512. The second-order valence-corrected chi connectivity index (χ2v) is 7.15. The van der Waals surface area contributed by atoms with E-state index in [1.54, 1.807) is 0 Å². The summed E-state index contributed by atoms with van der Waals surface area (Å²) in [4.78, 5) is 24.2. The van der Waals surface area contributed by atoms with Crippen molar-refractivity contribution < 1.29 is 9.59 Å². The Hall–Kier alpha value is -1.88. The van der Waals surface area contributed by atoms with Crippen LogP contribution < -0.4 is 16.4 Å². The molecule has 1 aromatic rings. The summed E-state index contributed by atoms with van der Waals surface area (Å²) >= 11 is 0. The average molecular weight is 329 g/mol. The van der Waals surface area contributed by atoms with Crippen molar-refractivity contribution >= 4 is 17.5 Å². The molecule has 2 saturated carbocycles. The second kappa shape index (κ2) is 7.34. The summed E-state index contributed by atoms with van der Waals surface area (Å²) in [5.74, 6) is 0.788. The molecule has 0 saturated heterocycles. The third kappa shape index (κ3) is 3.96. The molecule has 2 amide bonds. The summed E-state index contributed by atoms with van der Waals surface area (Å²) in [6, 6.07) is 7.67. The van der Waals surface area contributed by atoms with E-state index in [-0.39, 0.29) is 29.7 Å². The third-order valence-electron chi connectivity index (χ3n) is 5.28. The first-order chi connectivity index (χ1) is 11.6. The number of hydrogen-bond donors (Lipinski definition) is 3. The van der Waals surface area contributed by atoms with E-state index in [9.17, 15) is 9.59 Å². The zero-order valence-corrected chi connectivity index (χ0v) is 14.3. The largest absolute Gasteiger partial charge is 0.349 e. The number of anilines is 1. The van der Waals surface area contributed by atoms with Crippen molar-refractivity contribution in [2.45, 2.75) is 45.1 Å². The molecule has 0 aromatic heterocycles.